The first kappa shape index (κ1) is 14.2. The molecule has 1 aromatic rings. The SMILES string of the molecule is CCNC(CCC(C)OC)Cc1ccn(C)n1. The Kier molecular flexibility index (Phi) is 6.22. The molecule has 0 saturated heterocycles. The zero-order valence-electron chi connectivity index (χ0n) is 11.4. The highest BCUT2D eigenvalue weighted by molar-refractivity contribution is 5.01. The molecule has 0 saturated carbocycles. The van der Waals surface area contributed by atoms with Gasteiger partial charge in [-0.2, -0.15) is 5.10 Å². The van der Waals surface area contributed by atoms with Crippen LogP contribution in [0.25, 0.3) is 0 Å². The minimum Gasteiger partial charge on any atom is -0.382 e. The van der Waals surface area contributed by atoms with Crippen LogP contribution in [-0.4, -0.2) is 35.6 Å². The fraction of sp³-hybridized carbons (Fsp3) is 0.769. The van der Waals surface area contributed by atoms with E-state index in [2.05, 4.69) is 30.3 Å². The Bertz CT molecular complexity index is 311. The predicted molar refractivity (Wildman–Crippen MR) is 70.1 cm³/mol. The molecule has 0 fully saturated rings. The van der Waals surface area contributed by atoms with Crippen molar-refractivity contribution >= 4 is 0 Å². The minimum atomic E-state index is 0.333. The van der Waals surface area contributed by atoms with Crippen LogP contribution in [0.1, 0.15) is 32.4 Å². The van der Waals surface area contributed by atoms with Crippen molar-refractivity contribution in [2.75, 3.05) is 13.7 Å². The Labute approximate surface area is 104 Å². The Morgan fingerprint density at radius 2 is 2.24 bits per heavy atom. The lowest BCUT2D eigenvalue weighted by atomic mass is 10.0. The first-order valence-electron chi connectivity index (χ1n) is 6.40. The summed E-state index contributed by atoms with van der Waals surface area (Å²) in [7, 11) is 3.73. The number of methoxy groups -OCH3 is 1. The highest BCUT2D eigenvalue weighted by Crippen LogP contribution is 2.09. The van der Waals surface area contributed by atoms with Gasteiger partial charge in [0.1, 0.15) is 0 Å². The van der Waals surface area contributed by atoms with Crippen molar-refractivity contribution < 1.29 is 4.74 Å². The lowest BCUT2D eigenvalue weighted by Crippen LogP contribution is -2.32. The van der Waals surface area contributed by atoms with E-state index in [0.29, 0.717) is 12.1 Å². The van der Waals surface area contributed by atoms with Gasteiger partial charge in [-0.25, -0.2) is 0 Å². The Morgan fingerprint density at radius 3 is 2.76 bits per heavy atom. The van der Waals surface area contributed by atoms with Gasteiger partial charge in [0.25, 0.3) is 0 Å². The highest BCUT2D eigenvalue weighted by Gasteiger charge is 2.11. The molecule has 0 spiro atoms. The lowest BCUT2D eigenvalue weighted by Gasteiger charge is -2.18. The van der Waals surface area contributed by atoms with Gasteiger partial charge < -0.3 is 10.1 Å². The molecule has 4 nitrogen and oxygen atoms in total. The molecule has 2 atom stereocenters. The maximum atomic E-state index is 5.29. The van der Waals surface area contributed by atoms with Gasteiger partial charge in [-0.3, -0.25) is 4.68 Å². The fourth-order valence-electron chi connectivity index (χ4n) is 1.94. The van der Waals surface area contributed by atoms with Crippen molar-refractivity contribution in [3.8, 4) is 0 Å². The van der Waals surface area contributed by atoms with E-state index in [9.17, 15) is 0 Å². The molecular formula is C13H25N3O. The molecule has 1 heterocycles. The molecule has 1 rings (SSSR count). The van der Waals surface area contributed by atoms with Gasteiger partial charge in [0.2, 0.25) is 0 Å². The van der Waals surface area contributed by atoms with Gasteiger partial charge in [0, 0.05) is 32.8 Å². The smallest absolute Gasteiger partial charge is 0.0639 e. The summed E-state index contributed by atoms with van der Waals surface area (Å²) >= 11 is 0. The topological polar surface area (TPSA) is 39.1 Å². The van der Waals surface area contributed by atoms with Gasteiger partial charge >= 0.3 is 0 Å². The van der Waals surface area contributed by atoms with E-state index in [1.165, 1.54) is 0 Å². The third kappa shape index (κ3) is 5.33. The molecular weight excluding hydrogens is 214 g/mol. The summed E-state index contributed by atoms with van der Waals surface area (Å²) in [6, 6.07) is 2.58. The van der Waals surface area contributed by atoms with Gasteiger partial charge in [-0.15, -0.1) is 0 Å². The molecule has 4 heteroatoms. The zero-order valence-corrected chi connectivity index (χ0v) is 11.4. The summed E-state index contributed by atoms with van der Waals surface area (Å²) in [5, 5.41) is 7.94. The summed E-state index contributed by atoms with van der Waals surface area (Å²) < 4.78 is 7.14. The van der Waals surface area contributed by atoms with Crippen molar-refractivity contribution in [2.24, 2.45) is 7.05 Å². The maximum absolute atomic E-state index is 5.29. The average molecular weight is 239 g/mol. The second-order valence-electron chi connectivity index (χ2n) is 4.56. The van der Waals surface area contributed by atoms with Crippen LogP contribution in [0, 0.1) is 0 Å². The molecule has 0 aliphatic carbocycles. The van der Waals surface area contributed by atoms with E-state index in [1.807, 2.05) is 17.9 Å². The van der Waals surface area contributed by atoms with Crippen LogP contribution in [-0.2, 0) is 18.2 Å². The van der Waals surface area contributed by atoms with E-state index in [1.54, 1.807) is 7.11 Å². The monoisotopic (exact) mass is 239 g/mol. The lowest BCUT2D eigenvalue weighted by molar-refractivity contribution is 0.106. The standard InChI is InChI=1S/C13H25N3O/c1-5-14-12(7-6-11(2)17-4)10-13-8-9-16(3)15-13/h8-9,11-12,14H,5-7,10H2,1-4H3. The van der Waals surface area contributed by atoms with Crippen LogP contribution < -0.4 is 5.32 Å². The second kappa shape index (κ2) is 7.45. The quantitative estimate of drug-likeness (QED) is 0.751. The molecule has 0 amide bonds. The van der Waals surface area contributed by atoms with Gasteiger partial charge in [0.05, 0.1) is 11.8 Å². The first-order valence-corrected chi connectivity index (χ1v) is 6.40. The molecule has 0 aliphatic rings. The number of hydrogen-bond donors (Lipinski definition) is 1. The number of aryl methyl sites for hydroxylation is 1. The summed E-state index contributed by atoms with van der Waals surface area (Å²) in [4.78, 5) is 0. The second-order valence-corrected chi connectivity index (χ2v) is 4.56. The molecule has 0 bridgehead atoms. The number of nitrogens with one attached hydrogen (secondary N) is 1. The largest absolute Gasteiger partial charge is 0.382 e. The van der Waals surface area contributed by atoms with Gasteiger partial charge in [-0.1, -0.05) is 6.92 Å². The molecule has 0 aliphatic heterocycles. The number of nitrogens with zero attached hydrogens (tertiary/aromatic N) is 2. The summed E-state index contributed by atoms with van der Waals surface area (Å²) in [5.74, 6) is 0. The number of hydrogen-bond acceptors (Lipinski definition) is 3. The Balaban J connectivity index is 2.42. The van der Waals surface area contributed by atoms with Crippen LogP contribution in [0.3, 0.4) is 0 Å². The summed E-state index contributed by atoms with van der Waals surface area (Å²) in [6.07, 6.45) is 5.53. The van der Waals surface area contributed by atoms with Crippen molar-refractivity contribution in [3.63, 3.8) is 0 Å². The van der Waals surface area contributed by atoms with Crippen molar-refractivity contribution in [1.29, 1.82) is 0 Å². The Morgan fingerprint density at radius 1 is 1.47 bits per heavy atom. The van der Waals surface area contributed by atoms with E-state index in [0.717, 1.165) is 31.5 Å². The van der Waals surface area contributed by atoms with Crippen LogP contribution in [0.4, 0.5) is 0 Å². The van der Waals surface area contributed by atoms with Crippen LogP contribution >= 0.6 is 0 Å². The normalized spacial score (nSPS) is 14.8. The van der Waals surface area contributed by atoms with E-state index >= 15 is 0 Å². The summed E-state index contributed by atoms with van der Waals surface area (Å²) in [6.45, 7) is 5.26. The van der Waals surface area contributed by atoms with Gasteiger partial charge in [0.15, 0.2) is 0 Å². The number of rotatable bonds is 8. The molecule has 1 aromatic heterocycles. The number of ether oxygens (including phenoxy) is 1. The van der Waals surface area contributed by atoms with E-state index in [4.69, 9.17) is 4.74 Å². The Hall–Kier alpha value is -0.870. The van der Waals surface area contributed by atoms with Gasteiger partial charge in [-0.05, 0) is 32.4 Å². The van der Waals surface area contributed by atoms with Crippen LogP contribution in [0.2, 0.25) is 0 Å². The third-order valence-electron chi connectivity index (χ3n) is 3.04. The molecule has 17 heavy (non-hydrogen) atoms. The van der Waals surface area contributed by atoms with Crippen LogP contribution in [0.15, 0.2) is 12.3 Å². The minimum absolute atomic E-state index is 0.333. The maximum Gasteiger partial charge on any atom is 0.0639 e. The van der Waals surface area contributed by atoms with Crippen molar-refractivity contribution in [2.45, 2.75) is 45.3 Å². The van der Waals surface area contributed by atoms with E-state index in [-0.39, 0.29) is 0 Å². The summed E-state index contributed by atoms with van der Waals surface area (Å²) in [5.41, 5.74) is 1.16. The van der Waals surface area contributed by atoms with E-state index < -0.39 is 0 Å². The molecule has 0 aromatic carbocycles. The number of aromatic nitrogens is 2. The molecule has 2 unspecified atom stereocenters. The third-order valence-corrected chi connectivity index (χ3v) is 3.04. The van der Waals surface area contributed by atoms with Crippen molar-refractivity contribution in [1.82, 2.24) is 15.1 Å². The average Bonchev–Trinajstić information content (AvgIpc) is 2.71. The molecule has 1 N–H and O–H groups in total. The van der Waals surface area contributed by atoms with Crippen molar-refractivity contribution in [3.05, 3.63) is 18.0 Å². The van der Waals surface area contributed by atoms with Crippen LogP contribution in [0.5, 0.6) is 0 Å². The molecule has 0 radical (unpaired) electrons. The first-order chi connectivity index (χ1) is 8.15. The predicted octanol–water partition coefficient (Wildman–Crippen LogP) is 1.76. The zero-order chi connectivity index (χ0) is 12.7. The fourth-order valence-corrected chi connectivity index (χ4v) is 1.94. The highest BCUT2D eigenvalue weighted by atomic mass is 16.5. The number of likely N-dealkylation sites (N-methyl/N-ethyl adjacent to an activating group) is 1. The molecule has 98 valence electrons.